The quantitative estimate of drug-likeness (QED) is 0.900. The molecule has 3 nitrogen and oxygen atoms in total. The van der Waals surface area contributed by atoms with E-state index in [1.165, 1.54) is 25.0 Å². The highest BCUT2D eigenvalue weighted by Gasteiger charge is 2.27. The van der Waals surface area contributed by atoms with Crippen molar-refractivity contribution in [3.05, 3.63) is 34.1 Å². The maximum Gasteiger partial charge on any atom is 0.255 e. The molecule has 2 fully saturated rings. The van der Waals surface area contributed by atoms with Crippen LogP contribution >= 0.6 is 15.9 Å². The van der Waals surface area contributed by atoms with Crippen molar-refractivity contribution in [2.45, 2.75) is 31.7 Å². The molecule has 1 saturated carbocycles. The number of amides is 1. The average molecular weight is 355 g/mol. The molecule has 0 bridgehead atoms. The molecular formula is C16H20BrFN2O. The standard InChI is InChI=1S/C16H20BrFN2O/c17-15-9-12(18)3-4-14(15)16(21)20-7-5-13(6-8-20)19-10-11-1-2-11/h3-4,9,11,13,19H,1-2,5-8,10H2. The van der Waals surface area contributed by atoms with Crippen LogP contribution in [0.15, 0.2) is 22.7 Å². The topological polar surface area (TPSA) is 32.3 Å². The van der Waals surface area contributed by atoms with E-state index in [1.807, 2.05) is 4.90 Å². The van der Waals surface area contributed by atoms with Crippen LogP contribution in [-0.2, 0) is 0 Å². The highest BCUT2D eigenvalue weighted by molar-refractivity contribution is 9.10. The van der Waals surface area contributed by atoms with E-state index >= 15 is 0 Å². The van der Waals surface area contributed by atoms with E-state index in [0.29, 0.717) is 16.1 Å². The molecular weight excluding hydrogens is 335 g/mol. The number of carbonyl (C=O) groups is 1. The van der Waals surface area contributed by atoms with Crippen molar-refractivity contribution in [1.29, 1.82) is 0 Å². The third-order valence-corrected chi connectivity index (χ3v) is 4.99. The summed E-state index contributed by atoms with van der Waals surface area (Å²) >= 11 is 3.27. The molecule has 5 heteroatoms. The predicted molar refractivity (Wildman–Crippen MR) is 83.8 cm³/mol. The molecule has 21 heavy (non-hydrogen) atoms. The number of piperidine rings is 1. The van der Waals surface area contributed by atoms with Gasteiger partial charge in [0.1, 0.15) is 5.82 Å². The number of rotatable bonds is 4. The molecule has 2 aliphatic rings. The van der Waals surface area contributed by atoms with Crippen LogP contribution in [0.1, 0.15) is 36.0 Å². The van der Waals surface area contributed by atoms with Crippen LogP contribution in [0.5, 0.6) is 0 Å². The van der Waals surface area contributed by atoms with Crippen molar-refractivity contribution < 1.29 is 9.18 Å². The minimum Gasteiger partial charge on any atom is -0.338 e. The van der Waals surface area contributed by atoms with Gasteiger partial charge in [-0.3, -0.25) is 4.79 Å². The van der Waals surface area contributed by atoms with Gasteiger partial charge in [-0.2, -0.15) is 0 Å². The van der Waals surface area contributed by atoms with Gasteiger partial charge in [0, 0.05) is 23.6 Å². The third-order valence-electron chi connectivity index (χ3n) is 4.34. The number of likely N-dealkylation sites (tertiary alicyclic amines) is 1. The third kappa shape index (κ3) is 3.83. The molecule has 114 valence electrons. The van der Waals surface area contributed by atoms with Crippen LogP contribution < -0.4 is 5.32 Å². The second kappa shape index (κ2) is 6.44. The molecule has 1 heterocycles. The lowest BCUT2D eigenvalue weighted by Crippen LogP contribution is -2.45. The Labute approximate surface area is 133 Å². The van der Waals surface area contributed by atoms with E-state index in [0.717, 1.165) is 38.4 Å². The first-order chi connectivity index (χ1) is 10.1. The molecule has 1 aliphatic heterocycles. The zero-order chi connectivity index (χ0) is 14.8. The molecule has 0 radical (unpaired) electrons. The molecule has 1 aromatic carbocycles. The van der Waals surface area contributed by atoms with Crippen molar-refractivity contribution >= 4 is 21.8 Å². The first-order valence-corrected chi connectivity index (χ1v) is 8.40. The fourth-order valence-corrected chi connectivity index (χ4v) is 3.30. The van der Waals surface area contributed by atoms with E-state index in [9.17, 15) is 9.18 Å². The average Bonchev–Trinajstić information content (AvgIpc) is 3.29. The van der Waals surface area contributed by atoms with Gasteiger partial charge in [0.05, 0.1) is 5.56 Å². The molecule has 3 rings (SSSR count). The van der Waals surface area contributed by atoms with E-state index in [4.69, 9.17) is 0 Å². The van der Waals surface area contributed by atoms with Crippen molar-refractivity contribution in [3.8, 4) is 0 Å². The first-order valence-electron chi connectivity index (χ1n) is 7.61. The fourth-order valence-electron chi connectivity index (χ4n) is 2.78. The number of hydrogen-bond acceptors (Lipinski definition) is 2. The summed E-state index contributed by atoms with van der Waals surface area (Å²) in [5, 5.41) is 3.60. The Bertz CT molecular complexity index is 525. The molecule has 0 spiro atoms. The Kier molecular flexibility index (Phi) is 4.60. The summed E-state index contributed by atoms with van der Waals surface area (Å²) in [6.45, 7) is 2.66. The van der Waals surface area contributed by atoms with Gasteiger partial charge in [-0.15, -0.1) is 0 Å². The molecule has 0 atom stereocenters. The Morgan fingerprint density at radius 3 is 2.62 bits per heavy atom. The van der Waals surface area contributed by atoms with E-state index in [2.05, 4.69) is 21.2 Å². The Hall–Kier alpha value is -0.940. The maximum absolute atomic E-state index is 13.1. The summed E-state index contributed by atoms with van der Waals surface area (Å²) in [5.41, 5.74) is 0.542. The van der Waals surface area contributed by atoms with Crippen molar-refractivity contribution in [2.24, 2.45) is 5.92 Å². The highest BCUT2D eigenvalue weighted by Crippen LogP contribution is 2.28. The van der Waals surface area contributed by atoms with Crippen molar-refractivity contribution in [2.75, 3.05) is 19.6 Å². The fraction of sp³-hybridized carbons (Fsp3) is 0.562. The number of nitrogens with one attached hydrogen (secondary N) is 1. The first kappa shape index (κ1) is 15.0. The molecule has 1 N–H and O–H groups in total. The van der Waals surface area contributed by atoms with E-state index < -0.39 is 0 Å². The van der Waals surface area contributed by atoms with Crippen LogP contribution in [0.3, 0.4) is 0 Å². The van der Waals surface area contributed by atoms with Crippen LogP contribution in [-0.4, -0.2) is 36.5 Å². The maximum atomic E-state index is 13.1. The van der Waals surface area contributed by atoms with Gasteiger partial charge < -0.3 is 10.2 Å². The molecule has 0 aromatic heterocycles. The summed E-state index contributed by atoms with van der Waals surface area (Å²) < 4.78 is 13.6. The molecule has 1 amide bonds. The van der Waals surface area contributed by atoms with Gasteiger partial charge >= 0.3 is 0 Å². The second-order valence-corrected chi connectivity index (χ2v) is 6.90. The Balaban J connectivity index is 1.54. The zero-order valence-corrected chi connectivity index (χ0v) is 13.5. The van der Waals surface area contributed by atoms with Gasteiger partial charge in [0.25, 0.3) is 5.91 Å². The predicted octanol–water partition coefficient (Wildman–Crippen LogP) is 3.19. The zero-order valence-electron chi connectivity index (χ0n) is 11.9. The normalized spacial score (nSPS) is 19.8. The van der Waals surface area contributed by atoms with Gasteiger partial charge in [0.15, 0.2) is 0 Å². The van der Waals surface area contributed by atoms with Crippen LogP contribution in [0.25, 0.3) is 0 Å². The largest absolute Gasteiger partial charge is 0.338 e. The van der Waals surface area contributed by atoms with Crippen LogP contribution in [0.2, 0.25) is 0 Å². The minimum atomic E-state index is -0.332. The van der Waals surface area contributed by atoms with Crippen molar-refractivity contribution in [3.63, 3.8) is 0 Å². The summed E-state index contributed by atoms with van der Waals surface area (Å²) in [6.07, 6.45) is 4.72. The number of carbonyl (C=O) groups excluding carboxylic acids is 1. The van der Waals surface area contributed by atoms with Gasteiger partial charge in [-0.05, 0) is 72.3 Å². The molecule has 0 unspecified atom stereocenters. The second-order valence-electron chi connectivity index (χ2n) is 6.04. The number of hydrogen-bond donors (Lipinski definition) is 1. The lowest BCUT2D eigenvalue weighted by Gasteiger charge is -2.32. The van der Waals surface area contributed by atoms with Crippen molar-refractivity contribution in [1.82, 2.24) is 10.2 Å². The van der Waals surface area contributed by atoms with E-state index in [1.54, 1.807) is 6.07 Å². The molecule has 1 aliphatic carbocycles. The molecule has 1 saturated heterocycles. The van der Waals surface area contributed by atoms with E-state index in [-0.39, 0.29) is 11.7 Å². The van der Waals surface area contributed by atoms with Gasteiger partial charge in [0.2, 0.25) is 0 Å². The summed E-state index contributed by atoms with van der Waals surface area (Å²) in [6, 6.07) is 4.77. The highest BCUT2D eigenvalue weighted by atomic mass is 79.9. The summed E-state index contributed by atoms with van der Waals surface area (Å²) in [5.74, 6) is 0.545. The van der Waals surface area contributed by atoms with Crippen LogP contribution in [0.4, 0.5) is 4.39 Å². The Morgan fingerprint density at radius 2 is 2.00 bits per heavy atom. The monoisotopic (exact) mass is 354 g/mol. The van der Waals surface area contributed by atoms with Crippen LogP contribution in [0, 0.1) is 11.7 Å². The number of nitrogens with zero attached hydrogens (tertiary/aromatic N) is 1. The summed E-state index contributed by atoms with van der Waals surface area (Å²) in [7, 11) is 0. The lowest BCUT2D eigenvalue weighted by atomic mass is 10.0. The smallest absolute Gasteiger partial charge is 0.255 e. The Morgan fingerprint density at radius 1 is 1.29 bits per heavy atom. The SMILES string of the molecule is O=C(c1ccc(F)cc1Br)N1CCC(NCC2CC2)CC1. The van der Waals surface area contributed by atoms with Gasteiger partial charge in [-0.1, -0.05) is 0 Å². The number of halogens is 2. The summed E-state index contributed by atoms with van der Waals surface area (Å²) in [4.78, 5) is 14.3. The molecule has 1 aromatic rings. The minimum absolute atomic E-state index is 0.0116. The van der Waals surface area contributed by atoms with Gasteiger partial charge in [-0.25, -0.2) is 4.39 Å². The lowest BCUT2D eigenvalue weighted by molar-refractivity contribution is 0.0704. The number of benzene rings is 1.